The number of hydrogen-bond donors (Lipinski definition) is 1. The molecule has 1 N–H and O–H groups in total. The van der Waals surface area contributed by atoms with Crippen molar-refractivity contribution < 1.29 is 13.5 Å². The normalized spacial score (nSPS) is 29.1. The third-order valence-corrected chi connectivity index (χ3v) is 5.96. The van der Waals surface area contributed by atoms with Gasteiger partial charge in [-0.05, 0) is 19.9 Å². The summed E-state index contributed by atoms with van der Waals surface area (Å²) >= 11 is 0. The lowest BCUT2D eigenvalue weighted by molar-refractivity contribution is -0.0109. The molecule has 0 aromatic carbocycles. The molecule has 0 aromatic heterocycles. The molecular weight excluding hydrogens is 252 g/mol. The lowest BCUT2D eigenvalue weighted by Gasteiger charge is -2.31. The van der Waals surface area contributed by atoms with Gasteiger partial charge in [0, 0.05) is 32.6 Å². The van der Waals surface area contributed by atoms with Gasteiger partial charge in [0.05, 0.1) is 11.4 Å². The van der Waals surface area contributed by atoms with E-state index < -0.39 is 15.6 Å². The van der Waals surface area contributed by atoms with Gasteiger partial charge in [0.15, 0.2) is 0 Å². The van der Waals surface area contributed by atoms with E-state index in [0.717, 1.165) is 6.54 Å². The zero-order valence-corrected chi connectivity index (χ0v) is 12.9. The van der Waals surface area contributed by atoms with Gasteiger partial charge in [0.2, 0.25) is 10.0 Å². The Bertz CT molecular complexity index is 372. The molecule has 1 aliphatic heterocycles. The zero-order valence-electron chi connectivity index (χ0n) is 12.1. The van der Waals surface area contributed by atoms with Crippen molar-refractivity contribution in [1.29, 1.82) is 0 Å². The monoisotopic (exact) mass is 278 g/mol. The summed E-state index contributed by atoms with van der Waals surface area (Å²) in [6.45, 7) is 8.08. The van der Waals surface area contributed by atoms with E-state index >= 15 is 0 Å². The van der Waals surface area contributed by atoms with Gasteiger partial charge >= 0.3 is 0 Å². The Labute approximate surface area is 111 Å². The largest absolute Gasteiger partial charge is 0.388 e. The average molecular weight is 278 g/mol. The van der Waals surface area contributed by atoms with Crippen molar-refractivity contribution in [3.8, 4) is 0 Å². The molecule has 1 saturated heterocycles. The van der Waals surface area contributed by atoms with Crippen LogP contribution in [0.3, 0.4) is 0 Å². The Morgan fingerprint density at radius 1 is 1.22 bits per heavy atom. The molecule has 0 radical (unpaired) electrons. The minimum absolute atomic E-state index is 0.145. The molecule has 18 heavy (non-hydrogen) atoms. The zero-order chi connectivity index (χ0) is 14.2. The van der Waals surface area contributed by atoms with Crippen LogP contribution in [0.1, 0.15) is 27.2 Å². The minimum Gasteiger partial charge on any atom is -0.388 e. The highest BCUT2D eigenvalue weighted by Gasteiger charge is 2.47. The van der Waals surface area contributed by atoms with Gasteiger partial charge < -0.3 is 5.11 Å². The standard InChI is InChI=1S/C12H26N2O3S/c1-11(2)9-14(10-12(11,3)15)7-6-8-18(16,17)13(4)5/h15H,6-10H2,1-5H3/t12-/m0/s1. The molecule has 0 aromatic rings. The molecule has 1 fully saturated rings. The molecule has 0 aliphatic carbocycles. The first kappa shape index (κ1) is 15.9. The number of nitrogens with zero attached hydrogens (tertiary/aromatic N) is 2. The summed E-state index contributed by atoms with van der Waals surface area (Å²) in [4.78, 5) is 2.14. The molecular formula is C12H26N2O3S. The van der Waals surface area contributed by atoms with Crippen LogP contribution in [-0.4, -0.2) is 67.8 Å². The van der Waals surface area contributed by atoms with Crippen LogP contribution in [0.4, 0.5) is 0 Å². The summed E-state index contributed by atoms with van der Waals surface area (Å²) in [5.74, 6) is 0.166. The van der Waals surface area contributed by atoms with Crippen molar-refractivity contribution in [2.45, 2.75) is 32.8 Å². The van der Waals surface area contributed by atoms with Crippen LogP contribution in [0.5, 0.6) is 0 Å². The molecule has 1 rings (SSSR count). The maximum Gasteiger partial charge on any atom is 0.213 e. The van der Waals surface area contributed by atoms with E-state index in [9.17, 15) is 13.5 Å². The lowest BCUT2D eigenvalue weighted by Crippen LogP contribution is -2.40. The Hall–Kier alpha value is -0.170. The molecule has 0 bridgehead atoms. The fourth-order valence-electron chi connectivity index (χ4n) is 2.25. The van der Waals surface area contributed by atoms with Crippen LogP contribution < -0.4 is 0 Å². The SMILES string of the molecule is CN(C)S(=O)(=O)CCCN1CC(C)(C)[C@@](C)(O)C1. The molecule has 0 spiro atoms. The number of aliphatic hydroxyl groups is 1. The van der Waals surface area contributed by atoms with Crippen LogP contribution in [0, 0.1) is 5.41 Å². The van der Waals surface area contributed by atoms with Crippen molar-refractivity contribution in [1.82, 2.24) is 9.21 Å². The molecule has 0 saturated carbocycles. The van der Waals surface area contributed by atoms with Crippen molar-refractivity contribution in [2.75, 3.05) is 39.5 Å². The van der Waals surface area contributed by atoms with E-state index in [4.69, 9.17) is 0 Å². The Morgan fingerprint density at radius 3 is 2.17 bits per heavy atom. The second-order valence-corrected chi connectivity index (χ2v) is 8.62. The Kier molecular flexibility index (Phi) is 4.48. The molecule has 5 nitrogen and oxygen atoms in total. The lowest BCUT2D eigenvalue weighted by atomic mass is 9.79. The summed E-state index contributed by atoms with van der Waals surface area (Å²) < 4.78 is 24.5. The minimum atomic E-state index is -3.10. The smallest absolute Gasteiger partial charge is 0.213 e. The van der Waals surface area contributed by atoms with Crippen molar-refractivity contribution in [3.63, 3.8) is 0 Å². The third-order valence-electron chi connectivity index (χ3n) is 4.04. The highest BCUT2D eigenvalue weighted by Crippen LogP contribution is 2.38. The first-order valence-electron chi connectivity index (χ1n) is 6.33. The topological polar surface area (TPSA) is 60.9 Å². The van der Waals surface area contributed by atoms with E-state index in [1.54, 1.807) is 14.1 Å². The number of β-amino-alcohol motifs (C(OH)–C–C–N with tert-alkyl or cyclic N) is 1. The van der Waals surface area contributed by atoms with Crippen molar-refractivity contribution in [2.24, 2.45) is 5.41 Å². The summed E-state index contributed by atoms with van der Waals surface area (Å²) in [7, 11) is 0.00607. The summed E-state index contributed by atoms with van der Waals surface area (Å²) in [5, 5.41) is 10.3. The fourth-order valence-corrected chi connectivity index (χ4v) is 3.10. The molecule has 6 heteroatoms. The van der Waals surface area contributed by atoms with Crippen LogP contribution in [0.25, 0.3) is 0 Å². The highest BCUT2D eigenvalue weighted by molar-refractivity contribution is 7.89. The van der Waals surface area contributed by atoms with Crippen molar-refractivity contribution in [3.05, 3.63) is 0 Å². The number of sulfonamides is 1. The molecule has 1 atom stereocenters. The van der Waals surface area contributed by atoms with E-state index in [1.165, 1.54) is 4.31 Å². The number of likely N-dealkylation sites (tertiary alicyclic amines) is 1. The molecule has 1 aliphatic rings. The second kappa shape index (κ2) is 5.07. The summed E-state index contributed by atoms with van der Waals surface area (Å²) in [6.07, 6.45) is 0.604. The molecule has 108 valence electrons. The van der Waals surface area contributed by atoms with Crippen LogP contribution in [0.15, 0.2) is 0 Å². The summed E-state index contributed by atoms with van der Waals surface area (Å²) in [5.41, 5.74) is -0.846. The number of hydrogen-bond acceptors (Lipinski definition) is 4. The van der Waals surface area contributed by atoms with E-state index in [-0.39, 0.29) is 11.2 Å². The quantitative estimate of drug-likeness (QED) is 0.789. The van der Waals surface area contributed by atoms with Gasteiger partial charge in [-0.1, -0.05) is 13.8 Å². The number of rotatable bonds is 5. The summed E-state index contributed by atoms with van der Waals surface area (Å²) in [6, 6.07) is 0. The first-order chi connectivity index (χ1) is 7.98. The van der Waals surface area contributed by atoms with E-state index in [0.29, 0.717) is 19.5 Å². The van der Waals surface area contributed by atoms with Gasteiger partial charge in [0.25, 0.3) is 0 Å². The van der Waals surface area contributed by atoms with Gasteiger partial charge in [-0.25, -0.2) is 12.7 Å². The predicted molar refractivity (Wildman–Crippen MR) is 72.9 cm³/mol. The fraction of sp³-hybridized carbons (Fsp3) is 1.00. The van der Waals surface area contributed by atoms with Crippen LogP contribution >= 0.6 is 0 Å². The van der Waals surface area contributed by atoms with Gasteiger partial charge in [0.1, 0.15) is 0 Å². The second-order valence-electron chi connectivity index (χ2n) is 6.32. The van der Waals surface area contributed by atoms with E-state index in [1.807, 2.05) is 20.8 Å². The van der Waals surface area contributed by atoms with Gasteiger partial charge in [-0.3, -0.25) is 4.90 Å². The predicted octanol–water partition coefficient (Wildman–Crippen LogP) is 0.361. The highest BCUT2D eigenvalue weighted by atomic mass is 32.2. The molecule has 1 heterocycles. The Balaban J connectivity index is 2.44. The van der Waals surface area contributed by atoms with Gasteiger partial charge in [-0.15, -0.1) is 0 Å². The van der Waals surface area contributed by atoms with Crippen LogP contribution in [-0.2, 0) is 10.0 Å². The Morgan fingerprint density at radius 2 is 1.78 bits per heavy atom. The van der Waals surface area contributed by atoms with Gasteiger partial charge in [-0.2, -0.15) is 0 Å². The maximum atomic E-state index is 11.6. The molecule has 0 unspecified atom stereocenters. The van der Waals surface area contributed by atoms with Crippen LogP contribution in [0.2, 0.25) is 0 Å². The molecule has 0 amide bonds. The maximum absolute atomic E-state index is 11.6. The van der Waals surface area contributed by atoms with Crippen molar-refractivity contribution >= 4 is 10.0 Å². The third kappa shape index (κ3) is 3.44. The average Bonchev–Trinajstić information content (AvgIpc) is 2.34. The van der Waals surface area contributed by atoms with E-state index in [2.05, 4.69) is 4.90 Å². The first-order valence-corrected chi connectivity index (χ1v) is 7.94.